The van der Waals surface area contributed by atoms with Crippen molar-refractivity contribution in [3.05, 3.63) is 29.6 Å². The quantitative estimate of drug-likeness (QED) is 0.634. The molecule has 0 aliphatic carbocycles. The normalized spacial score (nSPS) is 23.8. The monoisotopic (exact) mass is 291 g/mol. The van der Waals surface area contributed by atoms with Crippen LogP contribution >= 0.6 is 0 Å². The van der Waals surface area contributed by atoms with Crippen molar-refractivity contribution in [2.24, 2.45) is 5.92 Å². The van der Waals surface area contributed by atoms with Crippen LogP contribution in [0.2, 0.25) is 0 Å². The molecule has 0 bridgehead atoms. The van der Waals surface area contributed by atoms with Gasteiger partial charge >= 0.3 is 6.03 Å². The fourth-order valence-corrected chi connectivity index (χ4v) is 2.72. The molecule has 1 unspecified atom stereocenters. The number of urea groups is 1. The van der Waals surface area contributed by atoms with Crippen LogP contribution in [0.25, 0.3) is 0 Å². The van der Waals surface area contributed by atoms with E-state index in [1.54, 1.807) is 0 Å². The summed E-state index contributed by atoms with van der Waals surface area (Å²) in [6.07, 6.45) is 0. The fraction of sp³-hybridized carbons (Fsp3) is 0.357. The van der Waals surface area contributed by atoms with Crippen molar-refractivity contribution in [1.29, 1.82) is 0 Å². The number of carbonyl (C=O) groups excluding carboxylic acids is 3. The molecule has 1 spiro atoms. The van der Waals surface area contributed by atoms with Crippen LogP contribution in [0.4, 0.5) is 14.9 Å². The Balaban J connectivity index is 2.11. The van der Waals surface area contributed by atoms with E-state index in [0.717, 1.165) is 11.0 Å². The minimum atomic E-state index is -1.84. The SMILES string of the molecule is CC(C)CN1C(=O)NC2(C(=O)Nc3ccc(F)cc32)C1=O. The molecule has 1 aromatic carbocycles. The topological polar surface area (TPSA) is 78.5 Å². The Morgan fingerprint density at radius 1 is 1.29 bits per heavy atom. The summed E-state index contributed by atoms with van der Waals surface area (Å²) < 4.78 is 13.5. The first-order valence-electron chi connectivity index (χ1n) is 6.62. The van der Waals surface area contributed by atoms with Gasteiger partial charge in [-0.2, -0.15) is 0 Å². The van der Waals surface area contributed by atoms with E-state index in [2.05, 4.69) is 10.6 Å². The second-order valence-electron chi connectivity index (χ2n) is 5.63. The smallest absolute Gasteiger partial charge is 0.323 e. The highest BCUT2D eigenvalue weighted by atomic mass is 19.1. The van der Waals surface area contributed by atoms with Crippen LogP contribution in [0, 0.1) is 11.7 Å². The number of benzene rings is 1. The van der Waals surface area contributed by atoms with E-state index in [1.807, 2.05) is 13.8 Å². The van der Waals surface area contributed by atoms with Crippen molar-refractivity contribution < 1.29 is 18.8 Å². The molecule has 0 saturated carbocycles. The minimum Gasteiger partial charge on any atom is -0.323 e. The molecular formula is C14H14FN3O3. The first kappa shape index (κ1) is 13.5. The van der Waals surface area contributed by atoms with Crippen molar-refractivity contribution in [1.82, 2.24) is 10.2 Å². The number of rotatable bonds is 2. The van der Waals surface area contributed by atoms with Crippen LogP contribution in [0.3, 0.4) is 0 Å². The molecule has 1 atom stereocenters. The van der Waals surface area contributed by atoms with E-state index in [-0.39, 0.29) is 18.0 Å². The Morgan fingerprint density at radius 3 is 2.67 bits per heavy atom. The van der Waals surface area contributed by atoms with E-state index < -0.39 is 29.2 Å². The largest absolute Gasteiger partial charge is 0.325 e. The van der Waals surface area contributed by atoms with Gasteiger partial charge in [0, 0.05) is 17.8 Å². The average molecular weight is 291 g/mol. The Kier molecular flexibility index (Phi) is 2.76. The molecule has 0 radical (unpaired) electrons. The molecule has 2 N–H and O–H groups in total. The molecule has 2 aliphatic heterocycles. The molecule has 21 heavy (non-hydrogen) atoms. The zero-order chi connectivity index (χ0) is 15.4. The van der Waals surface area contributed by atoms with Gasteiger partial charge in [-0.15, -0.1) is 0 Å². The van der Waals surface area contributed by atoms with Crippen LogP contribution in [0.5, 0.6) is 0 Å². The van der Waals surface area contributed by atoms with Gasteiger partial charge in [0.25, 0.3) is 11.8 Å². The van der Waals surface area contributed by atoms with Gasteiger partial charge in [0.15, 0.2) is 0 Å². The lowest BCUT2D eigenvalue weighted by Crippen LogP contribution is -2.49. The number of amides is 4. The van der Waals surface area contributed by atoms with Gasteiger partial charge in [0.2, 0.25) is 5.54 Å². The van der Waals surface area contributed by atoms with Crippen molar-refractivity contribution >= 4 is 23.5 Å². The lowest BCUT2D eigenvalue weighted by molar-refractivity contribution is -0.137. The minimum absolute atomic E-state index is 0.0614. The summed E-state index contributed by atoms with van der Waals surface area (Å²) in [5.74, 6) is -1.84. The van der Waals surface area contributed by atoms with Gasteiger partial charge in [-0.3, -0.25) is 14.5 Å². The Bertz CT molecular complexity index is 673. The number of halogens is 1. The molecule has 1 aromatic rings. The van der Waals surface area contributed by atoms with Crippen LogP contribution in [-0.2, 0) is 15.1 Å². The molecule has 1 fully saturated rings. The molecule has 0 aromatic heterocycles. The van der Waals surface area contributed by atoms with E-state index >= 15 is 0 Å². The molecule has 6 nitrogen and oxygen atoms in total. The lowest BCUT2D eigenvalue weighted by atomic mass is 9.91. The second kappa shape index (κ2) is 4.28. The van der Waals surface area contributed by atoms with Crippen LogP contribution in [0.15, 0.2) is 18.2 Å². The number of imide groups is 1. The van der Waals surface area contributed by atoms with Crippen LogP contribution in [0.1, 0.15) is 19.4 Å². The average Bonchev–Trinajstić information content (AvgIpc) is 2.81. The third kappa shape index (κ3) is 1.73. The number of hydrogen-bond donors (Lipinski definition) is 2. The highest BCUT2D eigenvalue weighted by molar-refractivity contribution is 6.26. The summed E-state index contributed by atoms with van der Waals surface area (Å²) in [7, 11) is 0. The highest BCUT2D eigenvalue weighted by Crippen LogP contribution is 2.40. The van der Waals surface area contributed by atoms with E-state index in [0.29, 0.717) is 5.69 Å². The number of nitrogens with zero attached hydrogens (tertiary/aromatic N) is 1. The Labute approximate surface area is 120 Å². The third-order valence-corrected chi connectivity index (χ3v) is 3.63. The van der Waals surface area contributed by atoms with Gasteiger partial charge in [-0.1, -0.05) is 13.8 Å². The third-order valence-electron chi connectivity index (χ3n) is 3.63. The summed E-state index contributed by atoms with van der Waals surface area (Å²) in [6.45, 7) is 3.91. The molecule has 1 saturated heterocycles. The predicted octanol–water partition coefficient (Wildman–Crippen LogP) is 1.18. The summed E-state index contributed by atoms with van der Waals surface area (Å²) in [6, 6.07) is 3.03. The van der Waals surface area contributed by atoms with Gasteiger partial charge < -0.3 is 10.6 Å². The molecular weight excluding hydrogens is 277 g/mol. The fourth-order valence-electron chi connectivity index (χ4n) is 2.72. The molecule has 3 rings (SSSR count). The van der Waals surface area contributed by atoms with Crippen LogP contribution < -0.4 is 10.6 Å². The van der Waals surface area contributed by atoms with Crippen molar-refractivity contribution in [3.8, 4) is 0 Å². The maximum atomic E-state index is 13.5. The lowest BCUT2D eigenvalue weighted by Gasteiger charge is -2.20. The Morgan fingerprint density at radius 2 is 2.00 bits per heavy atom. The van der Waals surface area contributed by atoms with Crippen molar-refractivity contribution in [2.75, 3.05) is 11.9 Å². The molecule has 7 heteroatoms. The summed E-state index contributed by atoms with van der Waals surface area (Å²) in [4.78, 5) is 37.9. The Hall–Kier alpha value is -2.44. The number of fused-ring (bicyclic) bond motifs is 2. The van der Waals surface area contributed by atoms with Gasteiger partial charge in [0.1, 0.15) is 5.82 Å². The van der Waals surface area contributed by atoms with Gasteiger partial charge in [0.05, 0.1) is 0 Å². The number of hydrogen-bond acceptors (Lipinski definition) is 3. The molecule has 4 amide bonds. The number of carbonyl (C=O) groups is 3. The summed E-state index contributed by atoms with van der Waals surface area (Å²) >= 11 is 0. The maximum absolute atomic E-state index is 13.5. The van der Waals surface area contributed by atoms with Gasteiger partial charge in [-0.05, 0) is 24.1 Å². The van der Waals surface area contributed by atoms with E-state index in [9.17, 15) is 18.8 Å². The van der Waals surface area contributed by atoms with E-state index in [1.165, 1.54) is 12.1 Å². The van der Waals surface area contributed by atoms with E-state index in [4.69, 9.17) is 0 Å². The standard InChI is InChI=1S/C14H14FN3O3/c1-7(2)6-18-12(20)14(17-13(18)21)9-5-8(15)3-4-10(9)16-11(14)19/h3-5,7H,6H2,1-2H3,(H,16,19)(H,17,21). The zero-order valence-electron chi connectivity index (χ0n) is 11.6. The first-order valence-corrected chi connectivity index (χ1v) is 6.62. The van der Waals surface area contributed by atoms with Crippen molar-refractivity contribution in [2.45, 2.75) is 19.4 Å². The van der Waals surface area contributed by atoms with Gasteiger partial charge in [-0.25, -0.2) is 9.18 Å². The number of anilines is 1. The molecule has 2 aliphatic rings. The molecule has 110 valence electrons. The highest BCUT2D eigenvalue weighted by Gasteiger charge is 2.61. The summed E-state index contributed by atoms with van der Waals surface area (Å²) in [5, 5.41) is 4.94. The van der Waals surface area contributed by atoms with Crippen molar-refractivity contribution in [3.63, 3.8) is 0 Å². The summed E-state index contributed by atoms with van der Waals surface area (Å²) in [5.41, 5.74) is -1.36. The molecule has 2 heterocycles. The maximum Gasteiger partial charge on any atom is 0.325 e. The van der Waals surface area contributed by atoms with Crippen LogP contribution in [-0.4, -0.2) is 29.3 Å². The number of nitrogens with one attached hydrogen (secondary N) is 2. The first-order chi connectivity index (χ1) is 9.86. The predicted molar refractivity (Wildman–Crippen MR) is 71.8 cm³/mol. The zero-order valence-corrected chi connectivity index (χ0v) is 11.6. The second-order valence-corrected chi connectivity index (χ2v) is 5.63.